The van der Waals surface area contributed by atoms with Crippen LogP contribution in [0.5, 0.6) is 0 Å². The highest BCUT2D eigenvalue weighted by Gasteiger charge is 2.30. The molecule has 0 bridgehead atoms. The molecule has 3 rings (SSSR count). The van der Waals surface area contributed by atoms with Crippen LogP contribution >= 0.6 is 0 Å². The fourth-order valence-electron chi connectivity index (χ4n) is 2.43. The molecular formula is C12H18N4O2. The van der Waals surface area contributed by atoms with Crippen LogP contribution in [0.2, 0.25) is 0 Å². The van der Waals surface area contributed by atoms with E-state index < -0.39 is 0 Å². The molecule has 1 saturated heterocycles. The lowest BCUT2D eigenvalue weighted by Gasteiger charge is -2.15. The molecule has 6 nitrogen and oxygen atoms in total. The van der Waals surface area contributed by atoms with Crippen molar-refractivity contribution >= 4 is 5.91 Å². The van der Waals surface area contributed by atoms with E-state index in [1.54, 1.807) is 7.11 Å². The van der Waals surface area contributed by atoms with Crippen molar-refractivity contribution in [3.63, 3.8) is 0 Å². The zero-order chi connectivity index (χ0) is 12.5. The van der Waals surface area contributed by atoms with Gasteiger partial charge in [0.1, 0.15) is 6.61 Å². The van der Waals surface area contributed by atoms with Gasteiger partial charge in [-0.05, 0) is 19.3 Å². The van der Waals surface area contributed by atoms with E-state index in [0.29, 0.717) is 5.92 Å². The quantitative estimate of drug-likeness (QED) is 0.784. The van der Waals surface area contributed by atoms with Gasteiger partial charge < -0.3 is 9.64 Å². The minimum atomic E-state index is 0.0579. The van der Waals surface area contributed by atoms with Crippen molar-refractivity contribution < 1.29 is 9.53 Å². The van der Waals surface area contributed by atoms with E-state index in [2.05, 4.69) is 10.3 Å². The Morgan fingerprint density at radius 1 is 1.50 bits per heavy atom. The number of amides is 1. The molecule has 2 aliphatic rings. The number of methoxy groups -OCH3 is 1. The fourth-order valence-corrected chi connectivity index (χ4v) is 2.43. The summed E-state index contributed by atoms with van der Waals surface area (Å²) in [4.78, 5) is 13.5. The summed E-state index contributed by atoms with van der Waals surface area (Å²) in [5.74, 6) is 0.689. The van der Waals surface area contributed by atoms with Gasteiger partial charge in [-0.3, -0.25) is 4.79 Å². The molecule has 0 aromatic carbocycles. The Hall–Kier alpha value is -1.43. The van der Waals surface area contributed by atoms with Gasteiger partial charge in [0.05, 0.1) is 11.7 Å². The number of nitrogens with zero attached hydrogens (tertiary/aromatic N) is 4. The van der Waals surface area contributed by atoms with Crippen LogP contribution in [0.25, 0.3) is 0 Å². The van der Waals surface area contributed by atoms with Crippen molar-refractivity contribution in [1.82, 2.24) is 19.9 Å². The molecule has 2 heterocycles. The Morgan fingerprint density at radius 2 is 2.33 bits per heavy atom. The summed E-state index contributed by atoms with van der Waals surface area (Å²) < 4.78 is 6.80. The van der Waals surface area contributed by atoms with Crippen molar-refractivity contribution in [2.45, 2.75) is 31.2 Å². The zero-order valence-electron chi connectivity index (χ0n) is 10.6. The van der Waals surface area contributed by atoms with E-state index in [1.807, 2.05) is 15.8 Å². The van der Waals surface area contributed by atoms with Crippen LogP contribution in [0, 0.1) is 0 Å². The van der Waals surface area contributed by atoms with E-state index in [0.717, 1.165) is 25.2 Å². The minimum Gasteiger partial charge on any atom is -0.375 e. The first-order valence-electron chi connectivity index (χ1n) is 6.46. The maximum Gasteiger partial charge on any atom is 0.248 e. The average molecular weight is 250 g/mol. The van der Waals surface area contributed by atoms with Gasteiger partial charge in [-0.15, -0.1) is 5.10 Å². The molecule has 0 spiro atoms. The maximum atomic E-state index is 11.7. The van der Waals surface area contributed by atoms with Gasteiger partial charge in [0, 0.05) is 32.3 Å². The number of ether oxygens (including phenoxy) is 1. The maximum absolute atomic E-state index is 11.7. The number of hydrogen-bond donors (Lipinski definition) is 0. The van der Waals surface area contributed by atoms with Crippen LogP contribution in [0.15, 0.2) is 6.20 Å². The molecule has 0 N–H and O–H groups in total. The zero-order valence-corrected chi connectivity index (χ0v) is 10.6. The number of hydrogen-bond acceptors (Lipinski definition) is 4. The molecule has 98 valence electrons. The Labute approximate surface area is 106 Å². The van der Waals surface area contributed by atoms with Crippen LogP contribution < -0.4 is 0 Å². The second-order valence-electron chi connectivity index (χ2n) is 5.11. The van der Waals surface area contributed by atoms with E-state index in [1.165, 1.54) is 12.8 Å². The minimum absolute atomic E-state index is 0.0579. The molecule has 1 amide bonds. The van der Waals surface area contributed by atoms with E-state index in [4.69, 9.17) is 4.74 Å². The Morgan fingerprint density at radius 3 is 3.06 bits per heavy atom. The average Bonchev–Trinajstić information content (AvgIpc) is 2.93. The highest BCUT2D eigenvalue weighted by molar-refractivity contribution is 5.77. The first kappa shape index (κ1) is 11.6. The molecule has 1 atom stereocenters. The first-order valence-corrected chi connectivity index (χ1v) is 6.46. The Bertz CT molecular complexity index is 441. The van der Waals surface area contributed by atoms with E-state index in [-0.39, 0.29) is 18.6 Å². The lowest BCUT2D eigenvalue weighted by Crippen LogP contribution is -2.32. The smallest absolute Gasteiger partial charge is 0.248 e. The summed E-state index contributed by atoms with van der Waals surface area (Å²) in [7, 11) is 1.55. The van der Waals surface area contributed by atoms with Crippen molar-refractivity contribution in [3.05, 3.63) is 11.9 Å². The Balaban J connectivity index is 1.61. The van der Waals surface area contributed by atoms with Gasteiger partial charge in [0.2, 0.25) is 5.91 Å². The van der Waals surface area contributed by atoms with Crippen molar-refractivity contribution in [1.29, 1.82) is 0 Å². The highest BCUT2D eigenvalue weighted by atomic mass is 16.5. The van der Waals surface area contributed by atoms with Crippen LogP contribution in [0.3, 0.4) is 0 Å². The number of likely N-dealkylation sites (tertiary alicyclic amines) is 1. The number of rotatable bonds is 4. The molecule has 0 unspecified atom stereocenters. The lowest BCUT2D eigenvalue weighted by molar-refractivity contribution is -0.134. The molecule has 0 radical (unpaired) electrons. The van der Waals surface area contributed by atoms with Crippen LogP contribution in [0.4, 0.5) is 0 Å². The summed E-state index contributed by atoms with van der Waals surface area (Å²) >= 11 is 0. The molecule has 1 aliphatic carbocycles. The standard InChI is InChI=1S/C12H18N4O2/c1-18-8-12(17)15-5-4-10(6-15)16-7-11(13-14-16)9-2-3-9/h7,9-10H,2-6,8H2,1H3/t10-/m0/s1. The first-order chi connectivity index (χ1) is 8.78. The third kappa shape index (κ3) is 2.25. The fraction of sp³-hybridized carbons (Fsp3) is 0.750. The summed E-state index contributed by atoms with van der Waals surface area (Å²) in [5.41, 5.74) is 1.11. The monoisotopic (exact) mass is 250 g/mol. The third-order valence-electron chi connectivity index (χ3n) is 3.68. The number of carbonyl (C=O) groups excluding carboxylic acids is 1. The van der Waals surface area contributed by atoms with Gasteiger partial charge in [-0.1, -0.05) is 5.21 Å². The van der Waals surface area contributed by atoms with Crippen molar-refractivity contribution in [2.24, 2.45) is 0 Å². The van der Waals surface area contributed by atoms with Gasteiger partial charge in [-0.2, -0.15) is 0 Å². The molecule has 18 heavy (non-hydrogen) atoms. The topological polar surface area (TPSA) is 60.2 Å². The van der Waals surface area contributed by atoms with Gasteiger partial charge >= 0.3 is 0 Å². The largest absolute Gasteiger partial charge is 0.375 e. The second-order valence-corrected chi connectivity index (χ2v) is 5.11. The van der Waals surface area contributed by atoms with Crippen LogP contribution in [-0.2, 0) is 9.53 Å². The van der Waals surface area contributed by atoms with Gasteiger partial charge in [0.15, 0.2) is 0 Å². The SMILES string of the molecule is COCC(=O)N1CC[C@H](n2cc(C3CC3)nn2)C1. The molecule has 1 aromatic heterocycles. The molecule has 2 fully saturated rings. The second kappa shape index (κ2) is 4.68. The molecule has 1 aromatic rings. The number of aromatic nitrogens is 3. The molecule has 6 heteroatoms. The third-order valence-corrected chi connectivity index (χ3v) is 3.68. The molecule has 1 aliphatic heterocycles. The van der Waals surface area contributed by atoms with E-state index in [9.17, 15) is 4.79 Å². The van der Waals surface area contributed by atoms with Gasteiger partial charge in [-0.25, -0.2) is 4.68 Å². The summed E-state index contributed by atoms with van der Waals surface area (Å²) in [6.07, 6.45) is 5.47. The predicted octanol–water partition coefficient (Wildman–Crippen LogP) is 0.575. The lowest BCUT2D eigenvalue weighted by atomic mass is 10.2. The predicted molar refractivity (Wildman–Crippen MR) is 64.1 cm³/mol. The van der Waals surface area contributed by atoms with Crippen molar-refractivity contribution in [2.75, 3.05) is 26.8 Å². The van der Waals surface area contributed by atoms with Crippen molar-refractivity contribution in [3.8, 4) is 0 Å². The van der Waals surface area contributed by atoms with Gasteiger partial charge in [0.25, 0.3) is 0 Å². The van der Waals surface area contributed by atoms with Crippen LogP contribution in [0.1, 0.15) is 36.9 Å². The summed E-state index contributed by atoms with van der Waals surface area (Å²) in [5, 5.41) is 8.41. The van der Waals surface area contributed by atoms with Crippen LogP contribution in [-0.4, -0.2) is 52.6 Å². The Kier molecular flexibility index (Phi) is 3.03. The molecular weight excluding hydrogens is 232 g/mol. The normalized spacial score (nSPS) is 23.6. The molecule has 1 saturated carbocycles. The summed E-state index contributed by atoms with van der Waals surface area (Å²) in [6.45, 7) is 1.67. The van der Waals surface area contributed by atoms with E-state index >= 15 is 0 Å². The highest BCUT2D eigenvalue weighted by Crippen LogP contribution is 2.39. The summed E-state index contributed by atoms with van der Waals surface area (Å²) in [6, 6.07) is 0.269. The number of carbonyl (C=O) groups is 1.